The van der Waals surface area contributed by atoms with Gasteiger partial charge in [0.05, 0.1) is 55.1 Å². The molecule has 0 saturated heterocycles. The Bertz CT molecular complexity index is 1910. The van der Waals surface area contributed by atoms with Crippen molar-refractivity contribution >= 4 is 11.9 Å². The first kappa shape index (κ1) is 25.3. The quantitative estimate of drug-likeness (QED) is 0.184. The van der Waals surface area contributed by atoms with E-state index in [-0.39, 0.29) is 12.5 Å². The van der Waals surface area contributed by atoms with Crippen molar-refractivity contribution < 1.29 is 23.5 Å². The number of nitrogens with zero attached hydrogens (tertiary/aromatic N) is 7. The van der Waals surface area contributed by atoms with Crippen LogP contribution in [0.5, 0.6) is 23.3 Å². The topological polar surface area (TPSA) is 123 Å². The van der Waals surface area contributed by atoms with Crippen LogP contribution >= 0.6 is 0 Å². The lowest BCUT2D eigenvalue weighted by molar-refractivity contribution is 0.126. The van der Waals surface area contributed by atoms with Crippen molar-refractivity contribution in [2.24, 2.45) is 5.16 Å². The maximum Gasteiger partial charge on any atom is 0.230 e. The van der Waals surface area contributed by atoms with E-state index in [1.807, 2.05) is 55.5 Å². The highest BCUT2D eigenvalue weighted by atomic mass is 16.6. The molecule has 42 heavy (non-hydrogen) atoms. The van der Waals surface area contributed by atoms with Crippen LogP contribution in [0, 0.1) is 6.92 Å². The number of benzene rings is 2. The van der Waals surface area contributed by atoms with Gasteiger partial charge in [-0.1, -0.05) is 23.4 Å². The molecule has 5 heterocycles. The van der Waals surface area contributed by atoms with Gasteiger partial charge in [0.1, 0.15) is 12.1 Å². The van der Waals surface area contributed by atoms with Crippen LogP contribution in [0.15, 0.2) is 82.8 Å². The average molecular weight is 564 g/mol. The first-order valence-corrected chi connectivity index (χ1v) is 13.1. The second-order valence-electron chi connectivity index (χ2n) is 9.48. The van der Waals surface area contributed by atoms with Gasteiger partial charge in [-0.3, -0.25) is 0 Å². The number of hydrogen-bond donors (Lipinski definition) is 0. The number of ether oxygens (including phenoxy) is 3. The zero-order chi connectivity index (χ0) is 28.6. The molecule has 210 valence electrons. The zero-order valence-electron chi connectivity index (χ0n) is 23.0. The van der Waals surface area contributed by atoms with E-state index in [4.69, 9.17) is 33.5 Å². The van der Waals surface area contributed by atoms with E-state index in [9.17, 15) is 0 Å². The van der Waals surface area contributed by atoms with Crippen LogP contribution < -0.4 is 14.2 Å². The number of hydrogen-bond acceptors (Lipinski definition) is 10. The number of para-hydroxylation sites is 1. The number of aryl methyl sites for hydroxylation is 1. The van der Waals surface area contributed by atoms with E-state index in [0.29, 0.717) is 40.5 Å². The van der Waals surface area contributed by atoms with Gasteiger partial charge in [0.15, 0.2) is 29.6 Å². The summed E-state index contributed by atoms with van der Waals surface area (Å²) in [5, 5.41) is 13.5. The Balaban J connectivity index is 1.22. The van der Waals surface area contributed by atoms with E-state index in [0.717, 1.165) is 28.1 Å². The molecule has 2 aromatic carbocycles. The van der Waals surface area contributed by atoms with E-state index < -0.39 is 0 Å². The molecule has 6 aromatic rings. The van der Waals surface area contributed by atoms with Crippen molar-refractivity contribution in [2.45, 2.75) is 19.4 Å². The fraction of sp³-hybridized carbons (Fsp3) is 0.167. The molecule has 0 spiro atoms. The molecule has 7 rings (SSSR count). The predicted molar refractivity (Wildman–Crippen MR) is 151 cm³/mol. The third-order valence-electron chi connectivity index (χ3n) is 6.97. The maximum atomic E-state index is 6.41. The lowest BCUT2D eigenvalue weighted by atomic mass is 9.88. The van der Waals surface area contributed by atoms with Crippen molar-refractivity contribution in [3.8, 4) is 28.9 Å². The lowest BCUT2D eigenvalue weighted by Crippen LogP contribution is -2.15. The summed E-state index contributed by atoms with van der Waals surface area (Å²) in [6.07, 6.45) is 4.79. The van der Waals surface area contributed by atoms with Crippen molar-refractivity contribution in [1.82, 2.24) is 29.4 Å². The molecule has 1 aliphatic heterocycles. The number of aromatic nitrogens is 6. The summed E-state index contributed by atoms with van der Waals surface area (Å²) in [5.74, 6) is 2.99. The molecular weight excluding hydrogens is 538 g/mol. The highest BCUT2D eigenvalue weighted by molar-refractivity contribution is 5.80. The summed E-state index contributed by atoms with van der Waals surface area (Å²) in [5.41, 5.74) is 4.63. The number of oxime groups is 1. The Morgan fingerprint density at radius 2 is 1.83 bits per heavy atom. The van der Waals surface area contributed by atoms with Crippen molar-refractivity contribution in [1.29, 1.82) is 0 Å². The van der Waals surface area contributed by atoms with E-state index in [1.165, 1.54) is 0 Å². The van der Waals surface area contributed by atoms with Crippen molar-refractivity contribution in [3.05, 3.63) is 107 Å². The number of rotatable bonds is 8. The number of methoxy groups -OCH3 is 2. The molecule has 1 aliphatic rings. The van der Waals surface area contributed by atoms with Gasteiger partial charge < -0.3 is 23.5 Å². The number of furan rings is 1. The second kappa shape index (κ2) is 10.4. The standard InChI is InChI=1S/C30H25N7O5/c1-18-25-26(22-10-7-13-40-22)27-28-33-24(16-41-32-15-19-11-12-21(38-2)23(14-19)39-3)35-36(28)17-31-29(27)42-30(25)37(34-18)20-8-5-4-6-9-20/h4-15,17,26H,16H2,1-3H3/b32-15+/t26-/m0/s1. The van der Waals surface area contributed by atoms with Gasteiger partial charge in [-0.25, -0.2) is 19.2 Å². The summed E-state index contributed by atoms with van der Waals surface area (Å²) in [4.78, 5) is 14.9. The molecule has 12 nitrogen and oxygen atoms in total. The molecule has 0 radical (unpaired) electrons. The monoisotopic (exact) mass is 563 g/mol. The van der Waals surface area contributed by atoms with Crippen LogP contribution in [0.25, 0.3) is 11.3 Å². The summed E-state index contributed by atoms with van der Waals surface area (Å²) in [6.45, 7) is 2.00. The maximum absolute atomic E-state index is 6.41. The highest BCUT2D eigenvalue weighted by Crippen LogP contribution is 2.49. The minimum absolute atomic E-state index is 0.0444. The van der Waals surface area contributed by atoms with Crippen molar-refractivity contribution in [3.63, 3.8) is 0 Å². The molecule has 0 unspecified atom stereocenters. The van der Waals surface area contributed by atoms with Gasteiger partial charge in [-0.2, -0.15) is 5.10 Å². The van der Waals surface area contributed by atoms with Gasteiger partial charge in [0, 0.05) is 5.56 Å². The van der Waals surface area contributed by atoms with Crippen LogP contribution in [0.1, 0.15) is 39.9 Å². The molecule has 0 N–H and O–H groups in total. The van der Waals surface area contributed by atoms with Crippen LogP contribution in [0.2, 0.25) is 0 Å². The molecular formula is C30H25N7O5. The third-order valence-corrected chi connectivity index (χ3v) is 6.97. The molecule has 0 bridgehead atoms. The van der Waals surface area contributed by atoms with E-state index in [2.05, 4.69) is 15.2 Å². The average Bonchev–Trinajstić information content (AvgIpc) is 3.78. The molecule has 0 amide bonds. The Labute approximate surface area is 239 Å². The largest absolute Gasteiger partial charge is 0.493 e. The molecule has 0 fully saturated rings. The molecule has 4 aromatic heterocycles. The smallest absolute Gasteiger partial charge is 0.230 e. The van der Waals surface area contributed by atoms with Gasteiger partial charge in [0.25, 0.3) is 0 Å². The summed E-state index contributed by atoms with van der Waals surface area (Å²) in [6, 6.07) is 19.1. The van der Waals surface area contributed by atoms with Crippen molar-refractivity contribution in [2.75, 3.05) is 14.2 Å². The molecule has 0 saturated carbocycles. The predicted octanol–water partition coefficient (Wildman–Crippen LogP) is 5.07. The van der Waals surface area contributed by atoms with Crippen LogP contribution in [-0.4, -0.2) is 49.8 Å². The molecule has 1 atom stereocenters. The van der Waals surface area contributed by atoms with E-state index >= 15 is 0 Å². The van der Waals surface area contributed by atoms with Gasteiger partial charge in [0.2, 0.25) is 11.8 Å². The second-order valence-corrected chi connectivity index (χ2v) is 9.48. The van der Waals surface area contributed by atoms with Crippen LogP contribution in [0.4, 0.5) is 0 Å². The van der Waals surface area contributed by atoms with Gasteiger partial charge >= 0.3 is 0 Å². The van der Waals surface area contributed by atoms with Gasteiger partial charge in [-0.15, -0.1) is 5.10 Å². The molecule has 0 aliphatic carbocycles. The Morgan fingerprint density at radius 1 is 0.976 bits per heavy atom. The summed E-state index contributed by atoms with van der Waals surface area (Å²) >= 11 is 0. The van der Waals surface area contributed by atoms with Gasteiger partial charge in [-0.05, 0) is 49.4 Å². The summed E-state index contributed by atoms with van der Waals surface area (Å²) in [7, 11) is 3.17. The third kappa shape index (κ3) is 4.29. The first-order valence-electron chi connectivity index (χ1n) is 13.1. The Morgan fingerprint density at radius 3 is 2.62 bits per heavy atom. The number of fused-ring (bicyclic) bond motifs is 4. The lowest BCUT2D eigenvalue weighted by Gasteiger charge is -2.24. The normalized spacial score (nSPS) is 14.0. The Hall–Kier alpha value is -5.65. The Kier molecular flexibility index (Phi) is 6.27. The fourth-order valence-corrected chi connectivity index (χ4v) is 5.09. The van der Waals surface area contributed by atoms with Crippen LogP contribution in [-0.2, 0) is 11.4 Å². The fourth-order valence-electron chi connectivity index (χ4n) is 5.09. The minimum atomic E-state index is -0.367. The SMILES string of the molecule is COc1ccc(/C=N/OCc2nc3c4c(ncn3n2)Oc2c(c(C)nn2-c2ccccc2)[C@@H]4c2ccco2)cc1OC. The molecule has 12 heteroatoms. The highest BCUT2D eigenvalue weighted by Gasteiger charge is 2.39. The summed E-state index contributed by atoms with van der Waals surface area (Å²) < 4.78 is 26.3. The van der Waals surface area contributed by atoms with E-state index in [1.54, 1.807) is 54.4 Å². The van der Waals surface area contributed by atoms with Crippen LogP contribution in [0.3, 0.4) is 0 Å². The zero-order valence-corrected chi connectivity index (χ0v) is 23.0. The minimum Gasteiger partial charge on any atom is -0.493 e. The first-order chi connectivity index (χ1) is 20.6.